The highest BCUT2D eigenvalue weighted by Crippen LogP contribution is 2.36. The molecule has 0 spiro atoms. The van der Waals surface area contributed by atoms with E-state index in [2.05, 4.69) is 79.4 Å². The van der Waals surface area contributed by atoms with Gasteiger partial charge in [-0.2, -0.15) is 0 Å². The van der Waals surface area contributed by atoms with Gasteiger partial charge in [0, 0.05) is 87.1 Å². The highest BCUT2D eigenvalue weighted by molar-refractivity contribution is 6.23. The van der Waals surface area contributed by atoms with E-state index >= 15 is 0 Å². The van der Waals surface area contributed by atoms with Gasteiger partial charge >= 0.3 is 0 Å². The summed E-state index contributed by atoms with van der Waals surface area (Å²) in [6.45, 7) is 8.52. The van der Waals surface area contributed by atoms with Crippen molar-refractivity contribution in [1.82, 2.24) is 44.9 Å². The molecule has 0 radical (unpaired) electrons. The van der Waals surface area contributed by atoms with Crippen LogP contribution in [0.4, 0.5) is 22.9 Å². The van der Waals surface area contributed by atoms with Crippen LogP contribution in [0.2, 0.25) is 0 Å². The van der Waals surface area contributed by atoms with E-state index in [4.69, 9.17) is 0 Å². The third-order valence-electron chi connectivity index (χ3n) is 13.1. The predicted octanol–water partition coefficient (Wildman–Crippen LogP) is 3.85. The molecular formula is C45H48N12O5. The first-order chi connectivity index (χ1) is 30.1. The Morgan fingerprint density at radius 3 is 2.31 bits per heavy atom. The van der Waals surface area contributed by atoms with Crippen LogP contribution in [0.15, 0.2) is 73.3 Å². The molecule has 5 amide bonds. The fourth-order valence-corrected chi connectivity index (χ4v) is 9.55. The van der Waals surface area contributed by atoms with Gasteiger partial charge in [-0.3, -0.25) is 39.1 Å². The fraction of sp³-hybridized carbons (Fsp3) is 0.400. The molecule has 1 unspecified atom stereocenters. The first-order valence-electron chi connectivity index (χ1n) is 21.5. The van der Waals surface area contributed by atoms with Gasteiger partial charge in [0.1, 0.15) is 18.1 Å². The minimum Gasteiger partial charge on any atom is -0.371 e. The number of imide groups is 2. The summed E-state index contributed by atoms with van der Waals surface area (Å²) < 4.78 is 2.08. The third-order valence-corrected chi connectivity index (χ3v) is 13.1. The number of pyridine rings is 1. The minimum absolute atomic E-state index is 0.0665. The lowest BCUT2D eigenvalue weighted by Gasteiger charge is -2.40. The number of imidazole rings is 1. The van der Waals surface area contributed by atoms with Gasteiger partial charge in [-0.05, 0) is 99.5 Å². The van der Waals surface area contributed by atoms with Crippen LogP contribution in [-0.4, -0.2) is 122 Å². The SMILES string of the molecule is Cc1cccc(C(=O)NC2CC(n3cnc4c(Nc5ccc(N6CCN(CC7CCN(c8ccc9c(c8)C(=O)N(C8CCC(=O)NC8=O)C9=O)CC7)CC6)cc5)ncnc43)C2)n1. The molecule has 1 saturated carbocycles. The van der Waals surface area contributed by atoms with Gasteiger partial charge in [0.05, 0.1) is 17.5 Å². The number of anilines is 4. The second kappa shape index (κ2) is 16.3. The van der Waals surface area contributed by atoms with Crippen LogP contribution in [0.3, 0.4) is 0 Å². The van der Waals surface area contributed by atoms with E-state index in [1.54, 1.807) is 24.5 Å². The molecule has 1 atom stereocenters. The number of piperazine rings is 1. The lowest BCUT2D eigenvalue weighted by Crippen LogP contribution is -2.54. The van der Waals surface area contributed by atoms with Crippen molar-refractivity contribution in [1.29, 1.82) is 0 Å². The van der Waals surface area contributed by atoms with Crippen LogP contribution in [0.25, 0.3) is 11.2 Å². The van der Waals surface area contributed by atoms with Crippen molar-refractivity contribution in [2.45, 2.75) is 63.6 Å². The second-order valence-electron chi connectivity index (χ2n) is 17.1. The first-order valence-corrected chi connectivity index (χ1v) is 21.5. The van der Waals surface area contributed by atoms with Crippen molar-refractivity contribution in [3.63, 3.8) is 0 Å². The van der Waals surface area contributed by atoms with Gasteiger partial charge in [-0.1, -0.05) is 6.07 Å². The van der Waals surface area contributed by atoms with Crippen molar-refractivity contribution < 1.29 is 24.0 Å². The maximum Gasteiger partial charge on any atom is 0.270 e. The number of benzene rings is 2. The highest BCUT2D eigenvalue weighted by Gasteiger charge is 2.45. The molecule has 3 saturated heterocycles. The minimum atomic E-state index is -0.967. The van der Waals surface area contributed by atoms with E-state index in [-0.39, 0.29) is 36.7 Å². The van der Waals surface area contributed by atoms with E-state index in [9.17, 15) is 24.0 Å². The Kier molecular flexibility index (Phi) is 10.3. The van der Waals surface area contributed by atoms with Gasteiger partial charge < -0.3 is 25.0 Å². The molecule has 2 aromatic carbocycles. The van der Waals surface area contributed by atoms with Gasteiger partial charge in [0.25, 0.3) is 17.7 Å². The molecule has 3 aromatic heterocycles. The summed E-state index contributed by atoms with van der Waals surface area (Å²) in [4.78, 5) is 89.7. The standard InChI is InChI=1S/C45H48N12O5/c1-27-3-2-4-36(49-27)42(59)51-30-21-33(22-30)56-26-48-39-40(46-25-47-41(39)56)50-29-5-7-31(8-6-29)55-19-17-53(18-20-55)24-28-13-15-54(16-14-28)32-9-10-34-35(23-32)45(62)57(44(34)61)37-11-12-38(58)52-43(37)60/h2-10,23,25-26,28,30,33,37H,11-22,24H2,1H3,(H,51,59)(H,46,47,50)(H,52,58,60). The maximum atomic E-state index is 13.4. The Morgan fingerprint density at radius 2 is 1.55 bits per heavy atom. The Balaban J connectivity index is 0.680. The van der Waals surface area contributed by atoms with Crippen LogP contribution in [0.1, 0.15) is 81.5 Å². The zero-order chi connectivity index (χ0) is 42.5. The Morgan fingerprint density at radius 1 is 0.806 bits per heavy atom. The van der Waals surface area contributed by atoms with Crippen molar-refractivity contribution in [2.24, 2.45) is 5.92 Å². The van der Waals surface area contributed by atoms with E-state index in [0.29, 0.717) is 34.1 Å². The van der Waals surface area contributed by atoms with Crippen molar-refractivity contribution in [3.8, 4) is 0 Å². The van der Waals surface area contributed by atoms with Crippen LogP contribution < -0.4 is 25.8 Å². The summed E-state index contributed by atoms with van der Waals surface area (Å²) >= 11 is 0. The topological polar surface area (TPSA) is 191 Å². The molecule has 5 aromatic rings. The molecule has 0 bridgehead atoms. The monoisotopic (exact) mass is 836 g/mol. The average Bonchev–Trinajstić information content (AvgIpc) is 3.80. The van der Waals surface area contributed by atoms with Gasteiger partial charge in [0.2, 0.25) is 11.8 Å². The summed E-state index contributed by atoms with van der Waals surface area (Å²) in [5, 5.41) is 8.80. The van der Waals surface area contributed by atoms with Crippen molar-refractivity contribution >= 4 is 63.6 Å². The normalized spacial score (nSPS) is 22.1. The van der Waals surface area contributed by atoms with Gasteiger partial charge in [-0.15, -0.1) is 0 Å². The average molecular weight is 837 g/mol. The summed E-state index contributed by atoms with van der Waals surface area (Å²) in [6.07, 6.45) is 7.26. The van der Waals surface area contributed by atoms with Gasteiger partial charge in [0.15, 0.2) is 17.0 Å². The number of rotatable bonds is 10. The number of hydrogen-bond donors (Lipinski definition) is 3. The van der Waals surface area contributed by atoms with Crippen molar-refractivity contribution in [2.75, 3.05) is 60.9 Å². The molecule has 4 aliphatic heterocycles. The second-order valence-corrected chi connectivity index (χ2v) is 17.1. The molecule has 17 heteroatoms. The molecular weight excluding hydrogens is 789 g/mol. The van der Waals surface area contributed by atoms with Crippen LogP contribution in [0.5, 0.6) is 0 Å². The highest BCUT2D eigenvalue weighted by atomic mass is 16.2. The Labute approximate surface area is 357 Å². The lowest BCUT2D eigenvalue weighted by molar-refractivity contribution is -0.136. The van der Waals surface area contributed by atoms with Crippen LogP contribution >= 0.6 is 0 Å². The Hall–Kier alpha value is -6.75. The summed E-state index contributed by atoms with van der Waals surface area (Å²) in [5.41, 5.74) is 6.33. The molecule has 10 rings (SSSR count). The van der Waals surface area contributed by atoms with Crippen molar-refractivity contribution in [3.05, 3.63) is 95.8 Å². The fourth-order valence-electron chi connectivity index (χ4n) is 9.55. The Bertz CT molecular complexity index is 2570. The maximum absolute atomic E-state index is 13.4. The number of aromatic nitrogens is 5. The third kappa shape index (κ3) is 7.61. The molecule has 318 valence electrons. The quantitative estimate of drug-likeness (QED) is 0.172. The molecule has 3 N–H and O–H groups in total. The smallest absolute Gasteiger partial charge is 0.270 e. The van der Waals surface area contributed by atoms with Gasteiger partial charge in [-0.25, -0.2) is 19.9 Å². The zero-order valence-electron chi connectivity index (χ0n) is 34.5. The number of hydrogen-bond acceptors (Lipinski definition) is 13. The summed E-state index contributed by atoms with van der Waals surface area (Å²) in [5.74, 6) is -0.877. The number of aryl methyl sites for hydroxylation is 1. The van der Waals surface area contributed by atoms with Crippen LogP contribution in [0, 0.1) is 12.8 Å². The number of amides is 5. The lowest BCUT2D eigenvalue weighted by atomic mass is 9.86. The van der Waals surface area contributed by atoms with E-state index in [1.807, 2.05) is 31.5 Å². The first kappa shape index (κ1) is 39.4. The largest absolute Gasteiger partial charge is 0.371 e. The molecule has 1 aliphatic carbocycles. The zero-order valence-corrected chi connectivity index (χ0v) is 34.5. The molecule has 4 fully saturated rings. The van der Waals surface area contributed by atoms with Crippen LogP contribution in [-0.2, 0) is 9.59 Å². The number of fused-ring (bicyclic) bond motifs is 2. The van der Waals surface area contributed by atoms with E-state index in [1.165, 1.54) is 5.69 Å². The summed E-state index contributed by atoms with van der Waals surface area (Å²) in [6, 6.07) is 18.6. The molecule has 17 nitrogen and oxygen atoms in total. The summed E-state index contributed by atoms with van der Waals surface area (Å²) in [7, 11) is 0. The number of carbonyl (C=O) groups excluding carboxylic acids is 5. The number of carbonyl (C=O) groups is 5. The molecule has 5 aliphatic rings. The van der Waals surface area contributed by atoms with E-state index < -0.39 is 23.8 Å². The predicted molar refractivity (Wildman–Crippen MR) is 230 cm³/mol. The number of nitrogens with zero attached hydrogens (tertiary/aromatic N) is 9. The number of piperidine rings is 2. The van der Waals surface area contributed by atoms with E-state index in [0.717, 1.165) is 99.1 Å². The number of nitrogens with one attached hydrogen (secondary N) is 3. The molecule has 62 heavy (non-hydrogen) atoms. The molecule has 7 heterocycles.